The molecular weight excluding hydrogens is 392 g/mol. The summed E-state index contributed by atoms with van der Waals surface area (Å²) >= 11 is 0. The molecule has 3 heteroatoms. The standard InChI is InChI=1S/C29H24N2O/c1-19(2)29-28-14-20(5-7-23(28)9-11-31-29)3-4-21-13-24-8-6-22(17-30)16-26(24)27(15-21)25-10-12-32-18-25/h3-8,10,12-16,18-19H,9,11H2,1-2H3. The third-order valence-electron chi connectivity index (χ3n) is 6.03. The molecule has 1 aromatic heterocycles. The monoisotopic (exact) mass is 416 g/mol. The number of rotatable bonds is 4. The van der Waals surface area contributed by atoms with Gasteiger partial charge in [-0.1, -0.05) is 44.2 Å². The van der Waals surface area contributed by atoms with Crippen molar-refractivity contribution in [3.63, 3.8) is 0 Å². The van der Waals surface area contributed by atoms with Crippen LogP contribution in [0.4, 0.5) is 0 Å². The first kappa shape index (κ1) is 20.0. The van der Waals surface area contributed by atoms with Gasteiger partial charge in [-0.05, 0) is 87.3 Å². The smallest absolute Gasteiger partial charge is 0.0991 e. The summed E-state index contributed by atoms with van der Waals surface area (Å²) in [6.45, 7) is 5.30. The van der Waals surface area contributed by atoms with Crippen LogP contribution in [0.3, 0.4) is 0 Å². The van der Waals surface area contributed by atoms with E-state index in [0.717, 1.165) is 40.4 Å². The second kappa shape index (κ2) is 8.32. The van der Waals surface area contributed by atoms with Gasteiger partial charge in [0.05, 0.1) is 24.2 Å². The second-order valence-electron chi connectivity index (χ2n) is 8.55. The molecule has 1 aliphatic rings. The van der Waals surface area contributed by atoms with Crippen LogP contribution >= 0.6 is 0 Å². The molecule has 0 saturated carbocycles. The maximum Gasteiger partial charge on any atom is 0.0991 e. The summed E-state index contributed by atoms with van der Waals surface area (Å²) in [5, 5.41) is 11.5. The van der Waals surface area contributed by atoms with Crippen LogP contribution in [0, 0.1) is 17.2 Å². The third kappa shape index (κ3) is 3.76. The summed E-state index contributed by atoms with van der Waals surface area (Å²) in [5.74, 6) is 0.421. The Kier molecular flexibility index (Phi) is 5.21. The molecule has 2 heterocycles. The van der Waals surface area contributed by atoms with Crippen molar-refractivity contribution in [1.29, 1.82) is 5.26 Å². The molecule has 0 bridgehead atoms. The molecule has 0 spiro atoms. The Bertz CT molecular complexity index is 1400. The number of nitrogens with zero attached hydrogens (tertiary/aromatic N) is 2. The fraction of sp³-hybridized carbons (Fsp3) is 0.172. The van der Waals surface area contributed by atoms with E-state index in [1.54, 1.807) is 12.5 Å². The van der Waals surface area contributed by atoms with E-state index in [2.05, 4.69) is 62.4 Å². The van der Waals surface area contributed by atoms with Gasteiger partial charge in [0.1, 0.15) is 0 Å². The summed E-state index contributed by atoms with van der Waals surface area (Å²) in [6.07, 6.45) is 8.75. The Morgan fingerprint density at radius 1 is 0.969 bits per heavy atom. The molecule has 156 valence electrons. The van der Waals surface area contributed by atoms with E-state index >= 15 is 0 Å². The first-order chi connectivity index (χ1) is 15.6. The summed E-state index contributed by atoms with van der Waals surface area (Å²) < 4.78 is 5.33. The number of benzene rings is 3. The van der Waals surface area contributed by atoms with E-state index in [9.17, 15) is 5.26 Å². The van der Waals surface area contributed by atoms with E-state index < -0.39 is 0 Å². The summed E-state index contributed by atoms with van der Waals surface area (Å²) in [6, 6.07) is 21.0. The van der Waals surface area contributed by atoms with Crippen LogP contribution in [0.2, 0.25) is 0 Å². The van der Waals surface area contributed by atoms with Crippen LogP contribution in [0.15, 0.2) is 76.5 Å². The largest absolute Gasteiger partial charge is 0.472 e. The van der Waals surface area contributed by atoms with Crippen LogP contribution in [0.1, 0.15) is 41.7 Å². The molecule has 1 aliphatic heterocycles. The Morgan fingerprint density at radius 2 is 1.81 bits per heavy atom. The Hall–Kier alpha value is -3.90. The molecule has 0 amide bonds. The van der Waals surface area contributed by atoms with Crippen LogP contribution in [-0.2, 0) is 6.42 Å². The second-order valence-corrected chi connectivity index (χ2v) is 8.55. The minimum atomic E-state index is 0.421. The Morgan fingerprint density at radius 3 is 2.59 bits per heavy atom. The van der Waals surface area contributed by atoms with Gasteiger partial charge in [-0.25, -0.2) is 0 Å². The molecule has 32 heavy (non-hydrogen) atoms. The Balaban J connectivity index is 1.56. The minimum absolute atomic E-state index is 0.421. The van der Waals surface area contributed by atoms with Crippen molar-refractivity contribution in [2.45, 2.75) is 20.3 Å². The Labute approximate surface area is 188 Å². The predicted molar refractivity (Wildman–Crippen MR) is 132 cm³/mol. The lowest BCUT2D eigenvalue weighted by Gasteiger charge is -2.20. The summed E-state index contributed by atoms with van der Waals surface area (Å²) in [4.78, 5) is 4.78. The van der Waals surface area contributed by atoms with Crippen molar-refractivity contribution < 1.29 is 4.42 Å². The first-order valence-corrected chi connectivity index (χ1v) is 11.0. The molecule has 3 aromatic carbocycles. The minimum Gasteiger partial charge on any atom is -0.472 e. The molecule has 0 N–H and O–H groups in total. The molecule has 0 aliphatic carbocycles. The van der Waals surface area contributed by atoms with E-state index in [0.29, 0.717) is 11.5 Å². The van der Waals surface area contributed by atoms with E-state index in [1.165, 1.54) is 22.4 Å². The molecule has 3 nitrogen and oxygen atoms in total. The van der Waals surface area contributed by atoms with Crippen molar-refractivity contribution >= 4 is 28.6 Å². The quantitative estimate of drug-likeness (QED) is 0.332. The van der Waals surface area contributed by atoms with Gasteiger partial charge in [-0.3, -0.25) is 4.99 Å². The van der Waals surface area contributed by atoms with Gasteiger partial charge in [0.2, 0.25) is 0 Å². The lowest BCUT2D eigenvalue weighted by molar-refractivity contribution is 0.568. The molecule has 5 rings (SSSR count). The normalized spacial score (nSPS) is 13.4. The SMILES string of the molecule is CC(C)C1=NCCc2ccc(C=Cc3cc(-c4ccoc4)c4cc(C#N)ccc4c3)cc21. The number of nitriles is 1. The fourth-order valence-electron chi connectivity index (χ4n) is 4.43. The van der Waals surface area contributed by atoms with Crippen molar-refractivity contribution in [2.75, 3.05) is 6.54 Å². The highest BCUT2D eigenvalue weighted by molar-refractivity contribution is 6.04. The van der Waals surface area contributed by atoms with Crippen molar-refractivity contribution in [1.82, 2.24) is 0 Å². The third-order valence-corrected chi connectivity index (χ3v) is 6.03. The molecule has 4 aromatic rings. The summed E-state index contributed by atoms with van der Waals surface area (Å²) in [7, 11) is 0. The zero-order valence-corrected chi connectivity index (χ0v) is 18.3. The van der Waals surface area contributed by atoms with Crippen molar-refractivity contribution in [2.24, 2.45) is 10.9 Å². The van der Waals surface area contributed by atoms with Crippen molar-refractivity contribution in [3.05, 3.63) is 94.9 Å². The van der Waals surface area contributed by atoms with Gasteiger partial charge in [0, 0.05) is 17.8 Å². The van der Waals surface area contributed by atoms with Gasteiger partial charge in [-0.2, -0.15) is 5.26 Å². The lowest BCUT2D eigenvalue weighted by Crippen LogP contribution is -2.18. The van der Waals surface area contributed by atoms with Crippen LogP contribution in [0.25, 0.3) is 34.1 Å². The fourth-order valence-corrected chi connectivity index (χ4v) is 4.43. The van der Waals surface area contributed by atoms with Crippen LogP contribution in [0.5, 0.6) is 0 Å². The topological polar surface area (TPSA) is 49.3 Å². The first-order valence-electron chi connectivity index (χ1n) is 11.0. The highest BCUT2D eigenvalue weighted by Gasteiger charge is 2.16. The van der Waals surface area contributed by atoms with Gasteiger partial charge < -0.3 is 4.42 Å². The highest BCUT2D eigenvalue weighted by atomic mass is 16.3. The average molecular weight is 417 g/mol. The average Bonchev–Trinajstić information content (AvgIpc) is 3.36. The van der Waals surface area contributed by atoms with Gasteiger partial charge >= 0.3 is 0 Å². The summed E-state index contributed by atoms with van der Waals surface area (Å²) in [5.41, 5.74) is 8.89. The molecule has 0 unspecified atom stereocenters. The van der Waals surface area contributed by atoms with Gasteiger partial charge in [-0.15, -0.1) is 0 Å². The van der Waals surface area contributed by atoms with Crippen LogP contribution in [-0.4, -0.2) is 12.3 Å². The number of hydrogen-bond acceptors (Lipinski definition) is 3. The van der Waals surface area contributed by atoms with Gasteiger partial charge in [0.15, 0.2) is 0 Å². The molecule has 0 radical (unpaired) electrons. The molecular formula is C29H24N2O. The number of fused-ring (bicyclic) bond motifs is 2. The van der Waals surface area contributed by atoms with E-state index in [-0.39, 0.29) is 0 Å². The molecule has 0 fully saturated rings. The molecule has 0 saturated heterocycles. The number of hydrogen-bond donors (Lipinski definition) is 0. The molecule has 0 atom stereocenters. The zero-order chi connectivity index (χ0) is 22.1. The van der Waals surface area contributed by atoms with E-state index in [4.69, 9.17) is 9.41 Å². The number of furan rings is 1. The van der Waals surface area contributed by atoms with E-state index in [1.807, 2.05) is 24.3 Å². The highest BCUT2D eigenvalue weighted by Crippen LogP contribution is 2.32. The lowest BCUT2D eigenvalue weighted by atomic mass is 9.90. The maximum absolute atomic E-state index is 9.33. The van der Waals surface area contributed by atoms with Crippen LogP contribution < -0.4 is 0 Å². The van der Waals surface area contributed by atoms with Crippen molar-refractivity contribution in [3.8, 4) is 17.2 Å². The number of aliphatic imine (C=N–C) groups is 1. The zero-order valence-electron chi connectivity index (χ0n) is 18.3. The van der Waals surface area contributed by atoms with Gasteiger partial charge in [0.25, 0.3) is 0 Å². The maximum atomic E-state index is 9.33. The predicted octanol–water partition coefficient (Wildman–Crippen LogP) is 7.14.